The Morgan fingerprint density at radius 1 is 0.826 bits per heavy atom. The van der Waals surface area contributed by atoms with Crippen LogP contribution in [0.15, 0.2) is 0 Å². The summed E-state index contributed by atoms with van der Waals surface area (Å²) in [4.78, 5) is 14.1. The fourth-order valence-electron chi connectivity index (χ4n) is 5.16. The number of carbonyl (C=O) groups is 1. The first-order valence-corrected chi connectivity index (χ1v) is 10.6. The minimum atomic E-state index is 0.317. The summed E-state index contributed by atoms with van der Waals surface area (Å²) in [7, 11) is 0. The van der Waals surface area contributed by atoms with Gasteiger partial charge in [0.05, 0.1) is 13.1 Å². The molecule has 0 spiro atoms. The molecule has 0 aromatic carbocycles. The van der Waals surface area contributed by atoms with Gasteiger partial charge in [-0.3, -0.25) is 4.79 Å². The largest absolute Gasteiger partial charge is 0.329 e. The number of rotatable bonds is 5. The first-order chi connectivity index (χ1) is 11.2. The number of carbonyl (C=O) groups excluding carboxylic acids is 1. The van der Waals surface area contributed by atoms with Crippen LogP contribution in [0.1, 0.15) is 77.0 Å². The van der Waals surface area contributed by atoms with Gasteiger partial charge in [-0.2, -0.15) is 0 Å². The Morgan fingerprint density at radius 2 is 1.43 bits per heavy atom. The number of alkyl halides is 1. The molecule has 2 nitrogen and oxygen atoms in total. The number of likely N-dealkylation sites (tertiary alicyclic amines) is 1. The van der Waals surface area contributed by atoms with Crippen molar-refractivity contribution in [1.29, 1.82) is 0 Å². The van der Waals surface area contributed by atoms with Crippen LogP contribution in [-0.2, 0) is 4.79 Å². The highest BCUT2D eigenvalue weighted by Crippen LogP contribution is 2.31. The lowest BCUT2D eigenvalue weighted by molar-refractivity contribution is -0.898. The number of piperidine rings is 1. The molecule has 1 saturated heterocycles. The molecule has 3 heteroatoms. The van der Waals surface area contributed by atoms with Gasteiger partial charge in [0.25, 0.3) is 0 Å². The molecule has 2 saturated carbocycles. The molecule has 0 bridgehead atoms. The van der Waals surface area contributed by atoms with Crippen LogP contribution < -0.4 is 4.90 Å². The number of hydrogen-bond acceptors (Lipinski definition) is 1. The van der Waals surface area contributed by atoms with Crippen molar-refractivity contribution >= 4 is 17.4 Å². The molecule has 1 aliphatic heterocycles. The van der Waals surface area contributed by atoms with E-state index in [1.54, 1.807) is 4.90 Å². The van der Waals surface area contributed by atoms with Crippen molar-refractivity contribution in [2.24, 2.45) is 17.8 Å². The van der Waals surface area contributed by atoms with Gasteiger partial charge in [0.1, 0.15) is 6.54 Å². The van der Waals surface area contributed by atoms with E-state index in [4.69, 9.17) is 11.6 Å². The van der Waals surface area contributed by atoms with E-state index in [0.717, 1.165) is 44.1 Å². The van der Waals surface area contributed by atoms with Crippen molar-refractivity contribution in [3.8, 4) is 0 Å². The van der Waals surface area contributed by atoms with E-state index in [0.29, 0.717) is 17.1 Å². The van der Waals surface area contributed by atoms with Crippen LogP contribution in [0, 0.1) is 17.8 Å². The monoisotopic (exact) mass is 340 g/mol. The molecule has 1 N–H and O–H groups in total. The summed E-state index contributed by atoms with van der Waals surface area (Å²) in [6, 6.07) is 0. The van der Waals surface area contributed by atoms with Crippen LogP contribution in [0.25, 0.3) is 0 Å². The Balaban J connectivity index is 1.34. The van der Waals surface area contributed by atoms with Gasteiger partial charge >= 0.3 is 0 Å². The lowest BCUT2D eigenvalue weighted by atomic mass is 9.79. The fraction of sp³-hybridized carbons (Fsp3) is 0.950. The summed E-state index contributed by atoms with van der Waals surface area (Å²) in [6.07, 6.45) is 15.7. The molecule has 3 fully saturated rings. The third-order valence-corrected chi connectivity index (χ3v) is 7.18. The van der Waals surface area contributed by atoms with E-state index in [-0.39, 0.29) is 0 Å². The highest BCUT2D eigenvalue weighted by atomic mass is 35.5. The smallest absolute Gasteiger partial charge is 0.189 e. The summed E-state index contributed by atoms with van der Waals surface area (Å²) in [5.41, 5.74) is 0. The Kier molecular flexibility index (Phi) is 6.83. The average Bonchev–Trinajstić information content (AvgIpc) is 2.58. The predicted octanol–water partition coefficient (Wildman–Crippen LogP) is 3.62. The third-order valence-electron chi connectivity index (χ3n) is 6.74. The second-order valence-corrected chi connectivity index (χ2v) is 9.14. The molecular weight excluding hydrogens is 306 g/mol. The standard InChI is InChI=1S/C20H34ClNO/c21-19-8-6-18(7-9-19)20(23)15-22-12-10-17(11-13-22)14-16-4-2-1-3-5-16/h16-19H,1-15H2/p+1. The summed E-state index contributed by atoms with van der Waals surface area (Å²) in [6.45, 7) is 3.25. The highest BCUT2D eigenvalue weighted by molar-refractivity contribution is 6.20. The van der Waals surface area contributed by atoms with Crippen molar-refractivity contribution in [2.75, 3.05) is 19.6 Å². The SMILES string of the molecule is O=C(C[NH+]1CCC(CC2CCCCC2)CC1)C1CCC(Cl)CC1. The molecule has 132 valence electrons. The summed E-state index contributed by atoms with van der Waals surface area (Å²) < 4.78 is 0. The molecule has 0 amide bonds. The Morgan fingerprint density at radius 3 is 2.09 bits per heavy atom. The average molecular weight is 341 g/mol. The molecule has 2 aliphatic carbocycles. The van der Waals surface area contributed by atoms with Crippen molar-refractivity contribution in [3.63, 3.8) is 0 Å². The topological polar surface area (TPSA) is 21.5 Å². The maximum absolute atomic E-state index is 12.5. The molecular formula is C20H35ClNO+. The summed E-state index contributed by atoms with van der Waals surface area (Å²) in [5, 5.41) is 0.321. The Labute approximate surface area is 147 Å². The maximum Gasteiger partial charge on any atom is 0.189 e. The van der Waals surface area contributed by atoms with Crippen LogP contribution in [0.3, 0.4) is 0 Å². The third kappa shape index (κ3) is 5.46. The Bertz CT molecular complexity index is 364. The zero-order valence-electron chi connectivity index (χ0n) is 14.7. The van der Waals surface area contributed by atoms with Crippen molar-refractivity contribution < 1.29 is 9.69 Å². The zero-order valence-corrected chi connectivity index (χ0v) is 15.5. The zero-order chi connectivity index (χ0) is 16.1. The van der Waals surface area contributed by atoms with E-state index in [1.807, 2.05) is 0 Å². The summed E-state index contributed by atoms with van der Waals surface area (Å²) >= 11 is 6.16. The fourth-order valence-corrected chi connectivity index (χ4v) is 5.41. The van der Waals surface area contributed by atoms with Gasteiger partial charge in [0.2, 0.25) is 0 Å². The second-order valence-electron chi connectivity index (χ2n) is 8.53. The van der Waals surface area contributed by atoms with Gasteiger partial charge in [0, 0.05) is 11.3 Å². The van der Waals surface area contributed by atoms with Gasteiger partial charge in [-0.25, -0.2) is 0 Å². The minimum absolute atomic E-state index is 0.317. The van der Waals surface area contributed by atoms with Gasteiger partial charge in [-0.05, 0) is 56.8 Å². The van der Waals surface area contributed by atoms with Crippen LogP contribution >= 0.6 is 11.6 Å². The van der Waals surface area contributed by atoms with E-state index < -0.39 is 0 Å². The molecule has 1 heterocycles. The molecule has 0 aromatic heterocycles. The normalized spacial score (nSPS) is 36.7. The molecule has 0 atom stereocenters. The maximum atomic E-state index is 12.5. The lowest BCUT2D eigenvalue weighted by Gasteiger charge is -2.33. The molecule has 0 radical (unpaired) electrons. The Hall–Kier alpha value is -0.0800. The predicted molar refractivity (Wildman–Crippen MR) is 96.1 cm³/mol. The highest BCUT2D eigenvalue weighted by Gasteiger charge is 2.30. The first kappa shape index (κ1) is 17.7. The van der Waals surface area contributed by atoms with Crippen LogP contribution in [0.4, 0.5) is 0 Å². The van der Waals surface area contributed by atoms with Crippen LogP contribution in [-0.4, -0.2) is 30.8 Å². The summed E-state index contributed by atoms with van der Waals surface area (Å²) in [5.74, 6) is 2.80. The number of Topliss-reactive ketones (excluding diaryl/α,β-unsaturated/α-hetero) is 1. The molecule has 3 rings (SSSR count). The first-order valence-electron chi connectivity index (χ1n) is 10.2. The van der Waals surface area contributed by atoms with Crippen molar-refractivity contribution in [1.82, 2.24) is 0 Å². The quantitative estimate of drug-likeness (QED) is 0.758. The van der Waals surface area contributed by atoms with E-state index in [1.165, 1.54) is 64.5 Å². The molecule has 23 heavy (non-hydrogen) atoms. The van der Waals surface area contributed by atoms with Gasteiger partial charge in [-0.15, -0.1) is 11.6 Å². The number of halogens is 1. The van der Waals surface area contributed by atoms with Gasteiger partial charge in [0.15, 0.2) is 5.78 Å². The number of hydrogen-bond donors (Lipinski definition) is 1. The molecule has 0 aromatic rings. The molecule has 3 aliphatic rings. The van der Waals surface area contributed by atoms with Gasteiger partial charge in [-0.1, -0.05) is 32.1 Å². The van der Waals surface area contributed by atoms with Crippen molar-refractivity contribution in [2.45, 2.75) is 82.4 Å². The second kappa shape index (κ2) is 8.85. The van der Waals surface area contributed by atoms with Crippen LogP contribution in [0.5, 0.6) is 0 Å². The minimum Gasteiger partial charge on any atom is -0.329 e. The van der Waals surface area contributed by atoms with E-state index >= 15 is 0 Å². The lowest BCUT2D eigenvalue weighted by Crippen LogP contribution is -3.14. The van der Waals surface area contributed by atoms with E-state index in [2.05, 4.69) is 0 Å². The van der Waals surface area contributed by atoms with Crippen LogP contribution in [0.2, 0.25) is 0 Å². The van der Waals surface area contributed by atoms with Crippen molar-refractivity contribution in [3.05, 3.63) is 0 Å². The number of nitrogens with one attached hydrogen (secondary N) is 1. The number of quaternary nitrogens is 1. The van der Waals surface area contributed by atoms with E-state index in [9.17, 15) is 4.79 Å². The molecule has 0 unspecified atom stereocenters. The number of ketones is 1. The van der Waals surface area contributed by atoms with Gasteiger partial charge < -0.3 is 4.90 Å².